The molecule has 1 aromatic rings. The van der Waals surface area contributed by atoms with Crippen LogP contribution in [-0.4, -0.2) is 42.6 Å². The maximum absolute atomic E-state index is 12.3. The minimum absolute atomic E-state index is 0.0760. The van der Waals surface area contributed by atoms with E-state index in [9.17, 15) is 8.42 Å². The number of aromatic nitrogens is 1. The molecule has 0 amide bonds. The lowest BCUT2D eigenvalue weighted by molar-refractivity contribution is 0.475. The normalized spacial score (nSPS) is 19.4. The van der Waals surface area contributed by atoms with E-state index in [0.717, 1.165) is 12.1 Å². The second-order valence-electron chi connectivity index (χ2n) is 4.47. The summed E-state index contributed by atoms with van der Waals surface area (Å²) in [5.41, 5.74) is 0.750. The molecule has 0 spiro atoms. The molecular weight excluding hydrogens is 294 g/mol. The van der Waals surface area contributed by atoms with Crippen LogP contribution in [0.3, 0.4) is 0 Å². The van der Waals surface area contributed by atoms with Crippen LogP contribution in [0.15, 0.2) is 23.4 Å². The smallest absolute Gasteiger partial charge is 0.260 e. The van der Waals surface area contributed by atoms with Gasteiger partial charge in [-0.2, -0.15) is 16.9 Å². The van der Waals surface area contributed by atoms with E-state index in [1.165, 1.54) is 16.6 Å². The van der Waals surface area contributed by atoms with Gasteiger partial charge in [-0.1, -0.05) is 5.92 Å². The minimum atomic E-state index is -3.50. The number of anilines is 1. The highest BCUT2D eigenvalue weighted by Gasteiger charge is 2.31. The first-order chi connectivity index (χ1) is 9.54. The number of sulfonamides is 1. The van der Waals surface area contributed by atoms with Crippen LogP contribution in [0, 0.1) is 11.8 Å². The summed E-state index contributed by atoms with van der Waals surface area (Å²) in [6.45, 7) is 3.22. The fourth-order valence-corrected chi connectivity index (χ4v) is 3.77. The second kappa shape index (κ2) is 6.48. The zero-order valence-electron chi connectivity index (χ0n) is 11.2. The van der Waals surface area contributed by atoms with E-state index in [-0.39, 0.29) is 10.3 Å². The Bertz CT molecular complexity index is 617. The molecule has 20 heavy (non-hydrogen) atoms. The zero-order valence-corrected chi connectivity index (χ0v) is 12.9. The molecule has 1 fully saturated rings. The van der Waals surface area contributed by atoms with Crippen molar-refractivity contribution in [3.63, 3.8) is 0 Å². The number of rotatable bonds is 4. The van der Waals surface area contributed by atoms with Gasteiger partial charge in [-0.25, -0.2) is 13.4 Å². The summed E-state index contributed by atoms with van der Waals surface area (Å²) < 4.78 is 26.1. The third kappa shape index (κ3) is 3.45. The Morgan fingerprint density at radius 1 is 1.55 bits per heavy atom. The van der Waals surface area contributed by atoms with Crippen molar-refractivity contribution in [1.29, 1.82) is 0 Å². The largest absolute Gasteiger partial charge is 0.373 e. The number of nitrogens with zero attached hydrogens (tertiary/aromatic N) is 2. The van der Waals surface area contributed by atoms with Crippen molar-refractivity contribution in [1.82, 2.24) is 9.29 Å². The van der Waals surface area contributed by atoms with E-state index in [1.54, 1.807) is 13.0 Å². The number of hydrogen-bond donors (Lipinski definition) is 2. The Morgan fingerprint density at radius 3 is 2.90 bits per heavy atom. The lowest BCUT2D eigenvalue weighted by atomic mass is 10.4. The van der Waals surface area contributed by atoms with Crippen LogP contribution < -0.4 is 5.32 Å². The molecule has 2 heterocycles. The minimum Gasteiger partial charge on any atom is -0.373 e. The summed E-state index contributed by atoms with van der Waals surface area (Å²) in [7, 11) is -3.50. The topological polar surface area (TPSA) is 62.3 Å². The van der Waals surface area contributed by atoms with Gasteiger partial charge in [-0.05, 0) is 25.5 Å². The third-order valence-electron chi connectivity index (χ3n) is 3.02. The molecule has 1 saturated heterocycles. The summed E-state index contributed by atoms with van der Waals surface area (Å²) in [5.74, 6) is 5.64. The summed E-state index contributed by atoms with van der Waals surface area (Å²) in [4.78, 5) is 4.03. The molecule has 7 heteroatoms. The lowest BCUT2D eigenvalue weighted by Gasteiger charge is -2.15. The lowest BCUT2D eigenvalue weighted by Crippen LogP contribution is -2.29. The van der Waals surface area contributed by atoms with Crippen molar-refractivity contribution in [2.75, 3.05) is 25.0 Å². The van der Waals surface area contributed by atoms with Gasteiger partial charge in [-0.15, -0.1) is 5.92 Å². The van der Waals surface area contributed by atoms with E-state index in [2.05, 4.69) is 34.8 Å². The van der Waals surface area contributed by atoms with Gasteiger partial charge < -0.3 is 5.32 Å². The predicted molar refractivity (Wildman–Crippen MR) is 82.3 cm³/mol. The van der Waals surface area contributed by atoms with Gasteiger partial charge in [0.2, 0.25) is 0 Å². The standard InChI is InChI=1S/C13H17N3O2S2/c1-2-3-7-14-11-4-5-13(15-9-11)20(17,18)16-8-6-12(19)10-16/h4-5,9,12,14,19H,6-8,10H2,1H3. The van der Waals surface area contributed by atoms with Gasteiger partial charge in [0.15, 0.2) is 5.03 Å². The van der Waals surface area contributed by atoms with Crippen LogP contribution in [0.2, 0.25) is 0 Å². The molecule has 0 aliphatic carbocycles. The van der Waals surface area contributed by atoms with Crippen molar-refractivity contribution < 1.29 is 8.42 Å². The maximum Gasteiger partial charge on any atom is 0.260 e. The second-order valence-corrected chi connectivity index (χ2v) is 7.09. The molecular formula is C13H17N3O2S2. The summed E-state index contributed by atoms with van der Waals surface area (Å²) in [6, 6.07) is 3.22. The van der Waals surface area contributed by atoms with Crippen molar-refractivity contribution in [3.8, 4) is 11.8 Å². The summed E-state index contributed by atoms with van der Waals surface area (Å²) in [6.07, 6.45) is 2.29. The SMILES string of the molecule is CC#CCNc1ccc(S(=O)(=O)N2CCC(S)C2)nc1. The number of thiol groups is 1. The molecule has 1 N–H and O–H groups in total. The molecule has 0 saturated carbocycles. The Hall–Kier alpha value is -1.23. The van der Waals surface area contributed by atoms with Gasteiger partial charge in [-0.3, -0.25) is 0 Å². The van der Waals surface area contributed by atoms with Crippen molar-refractivity contribution in [2.45, 2.75) is 23.6 Å². The first-order valence-corrected chi connectivity index (χ1v) is 8.27. The Labute approximate surface area is 125 Å². The van der Waals surface area contributed by atoms with E-state index < -0.39 is 10.0 Å². The predicted octanol–water partition coefficient (Wildman–Crippen LogP) is 1.21. The number of pyridine rings is 1. The highest BCUT2D eigenvalue weighted by Crippen LogP contribution is 2.22. The van der Waals surface area contributed by atoms with Crippen molar-refractivity contribution in [3.05, 3.63) is 18.3 Å². The first-order valence-electron chi connectivity index (χ1n) is 6.32. The molecule has 1 aliphatic heterocycles. The van der Waals surface area contributed by atoms with E-state index in [1.807, 2.05) is 0 Å². The monoisotopic (exact) mass is 311 g/mol. The molecule has 1 unspecified atom stereocenters. The van der Waals surface area contributed by atoms with Gasteiger partial charge in [0, 0.05) is 18.3 Å². The van der Waals surface area contributed by atoms with Gasteiger partial charge in [0.1, 0.15) is 0 Å². The zero-order chi connectivity index (χ0) is 14.6. The van der Waals surface area contributed by atoms with Gasteiger partial charge in [0.05, 0.1) is 18.4 Å². The van der Waals surface area contributed by atoms with E-state index in [4.69, 9.17) is 0 Å². The average molecular weight is 311 g/mol. The van der Waals surface area contributed by atoms with Crippen molar-refractivity contribution >= 4 is 28.3 Å². The molecule has 0 bridgehead atoms. The van der Waals surface area contributed by atoms with E-state index in [0.29, 0.717) is 19.6 Å². The van der Waals surface area contributed by atoms with Crippen molar-refractivity contribution in [2.24, 2.45) is 0 Å². The van der Waals surface area contributed by atoms with Gasteiger partial charge >= 0.3 is 0 Å². The Morgan fingerprint density at radius 2 is 2.35 bits per heavy atom. The van der Waals surface area contributed by atoms with E-state index >= 15 is 0 Å². The maximum atomic E-state index is 12.3. The highest BCUT2D eigenvalue weighted by molar-refractivity contribution is 7.89. The molecule has 108 valence electrons. The Kier molecular flexibility index (Phi) is 4.91. The third-order valence-corrected chi connectivity index (χ3v) is 5.23. The molecule has 1 aliphatic rings. The molecule has 1 aromatic heterocycles. The quantitative estimate of drug-likeness (QED) is 0.648. The van der Waals surface area contributed by atoms with Crippen LogP contribution in [-0.2, 0) is 10.0 Å². The van der Waals surface area contributed by atoms with Crippen LogP contribution in [0.5, 0.6) is 0 Å². The van der Waals surface area contributed by atoms with Crippen LogP contribution >= 0.6 is 12.6 Å². The molecule has 1 atom stereocenters. The first kappa shape index (κ1) is 15.2. The molecule has 2 rings (SSSR count). The number of hydrogen-bond acceptors (Lipinski definition) is 5. The van der Waals surface area contributed by atoms with Crippen LogP contribution in [0.25, 0.3) is 0 Å². The van der Waals surface area contributed by atoms with Crippen LogP contribution in [0.1, 0.15) is 13.3 Å². The van der Waals surface area contributed by atoms with Gasteiger partial charge in [0.25, 0.3) is 10.0 Å². The van der Waals surface area contributed by atoms with Crippen LogP contribution in [0.4, 0.5) is 5.69 Å². The summed E-state index contributed by atoms with van der Waals surface area (Å²) in [5, 5.41) is 3.23. The fraction of sp³-hybridized carbons (Fsp3) is 0.462. The highest BCUT2D eigenvalue weighted by atomic mass is 32.2. The fourth-order valence-electron chi connectivity index (χ4n) is 1.93. The number of nitrogens with one attached hydrogen (secondary N) is 1. The molecule has 5 nitrogen and oxygen atoms in total. The average Bonchev–Trinajstić information content (AvgIpc) is 2.87. The molecule has 0 radical (unpaired) electrons. The Balaban J connectivity index is 2.10. The summed E-state index contributed by atoms with van der Waals surface area (Å²) >= 11 is 4.31. The molecule has 0 aromatic carbocycles.